The monoisotopic (exact) mass is 699 g/mol. The summed E-state index contributed by atoms with van der Waals surface area (Å²) in [6, 6.07) is 64.0. The molecule has 0 fully saturated rings. The molecule has 0 radical (unpaired) electrons. The Morgan fingerprint density at radius 2 is 0.925 bits per heavy atom. The van der Waals surface area contributed by atoms with Crippen molar-refractivity contribution < 1.29 is 9.47 Å². The van der Waals surface area contributed by atoms with Gasteiger partial charge in [-0.25, -0.2) is 0 Å². The summed E-state index contributed by atoms with van der Waals surface area (Å²) < 4.78 is 13.1. The Kier molecular flexibility index (Phi) is 6.77. The number of benzene rings is 7. The van der Waals surface area contributed by atoms with Gasteiger partial charge in [0, 0.05) is 11.3 Å². The van der Waals surface area contributed by atoms with Crippen LogP contribution in [0.25, 0.3) is 43.8 Å². The first-order valence-electron chi connectivity index (χ1n) is 18.2. The molecule has 0 N–H and O–H groups in total. The van der Waals surface area contributed by atoms with E-state index >= 15 is 0 Å². The lowest BCUT2D eigenvalue weighted by Gasteiger charge is -2.32. The molecule has 0 saturated carbocycles. The summed E-state index contributed by atoms with van der Waals surface area (Å²) in [7, 11) is 0. The van der Waals surface area contributed by atoms with Crippen LogP contribution >= 0.6 is 11.3 Å². The van der Waals surface area contributed by atoms with E-state index in [0.29, 0.717) is 13.2 Å². The molecule has 3 aliphatic rings. The van der Waals surface area contributed by atoms with Crippen molar-refractivity contribution in [2.24, 2.45) is 0 Å². The van der Waals surface area contributed by atoms with Crippen LogP contribution in [0.2, 0.25) is 0 Å². The Bertz CT molecular complexity index is 2630. The maximum absolute atomic E-state index is 6.60. The first-order valence-corrected chi connectivity index (χ1v) is 19.0. The molecule has 53 heavy (non-hydrogen) atoms. The second kappa shape index (κ2) is 11.8. The Morgan fingerprint density at radius 3 is 1.55 bits per heavy atom. The van der Waals surface area contributed by atoms with Gasteiger partial charge in [0.1, 0.15) is 18.2 Å². The SMILES string of the molecule is c1ccc(-c2ccccc2N(c2ccc3c(c2)C2(c4ccccc4-c4ccccc42)c2ccccc2-3)c2sc(-c3ccccc3)c3c2OCCO3)cc1. The average molecular weight is 700 g/mol. The Labute approximate surface area is 313 Å². The number of rotatable bonds is 5. The highest BCUT2D eigenvalue weighted by atomic mass is 32.1. The van der Waals surface area contributed by atoms with Gasteiger partial charge in [0.2, 0.25) is 0 Å². The number of para-hydroxylation sites is 1. The third-order valence-corrected chi connectivity index (χ3v) is 12.3. The predicted octanol–water partition coefficient (Wildman–Crippen LogP) is 12.7. The molecule has 0 amide bonds. The molecule has 252 valence electrons. The second-order valence-corrected chi connectivity index (χ2v) is 14.8. The number of ether oxygens (including phenoxy) is 2. The van der Waals surface area contributed by atoms with E-state index in [1.54, 1.807) is 11.3 Å². The second-order valence-electron chi connectivity index (χ2n) is 13.8. The molecule has 8 aromatic rings. The first kappa shape index (κ1) is 30.3. The average Bonchev–Trinajstić information content (AvgIpc) is 3.86. The summed E-state index contributed by atoms with van der Waals surface area (Å²) in [5.74, 6) is 1.60. The van der Waals surface area contributed by atoms with Gasteiger partial charge in [0.15, 0.2) is 11.5 Å². The van der Waals surface area contributed by atoms with Crippen LogP contribution in [0.4, 0.5) is 16.4 Å². The highest BCUT2D eigenvalue weighted by molar-refractivity contribution is 7.20. The van der Waals surface area contributed by atoms with Crippen molar-refractivity contribution >= 4 is 27.7 Å². The minimum absolute atomic E-state index is 0.455. The number of thiophene rings is 1. The van der Waals surface area contributed by atoms with Gasteiger partial charge in [0.25, 0.3) is 0 Å². The molecule has 1 aliphatic heterocycles. The van der Waals surface area contributed by atoms with Crippen LogP contribution in [0.5, 0.6) is 11.5 Å². The van der Waals surface area contributed by atoms with Crippen molar-refractivity contribution in [3.63, 3.8) is 0 Å². The standard InChI is InChI=1S/C49H33NO2S/c1-3-15-32(16-4-1)35-19-10-14-26-44(35)50(48-46-45(51-29-30-52-46)47(53-48)33-17-5-2-6-18-33)34-27-28-39-38-22-9-13-25-42(38)49(43(39)31-34)40-23-11-7-20-36(40)37-21-8-12-24-41(37)49/h1-28,31H,29-30H2. The highest BCUT2D eigenvalue weighted by Crippen LogP contribution is 2.64. The molecule has 11 rings (SSSR count). The largest absolute Gasteiger partial charge is 0.485 e. The summed E-state index contributed by atoms with van der Waals surface area (Å²) in [6.07, 6.45) is 0. The van der Waals surface area contributed by atoms with Gasteiger partial charge in [-0.05, 0) is 73.8 Å². The summed E-state index contributed by atoms with van der Waals surface area (Å²) >= 11 is 1.73. The van der Waals surface area contributed by atoms with Gasteiger partial charge < -0.3 is 9.47 Å². The number of hydrogen-bond donors (Lipinski definition) is 0. The fraction of sp³-hybridized carbons (Fsp3) is 0.0612. The Morgan fingerprint density at radius 1 is 0.434 bits per heavy atom. The van der Waals surface area contributed by atoms with E-state index in [9.17, 15) is 0 Å². The van der Waals surface area contributed by atoms with Gasteiger partial charge in [0.05, 0.1) is 16.0 Å². The molecular formula is C49H33NO2S. The van der Waals surface area contributed by atoms with Crippen LogP contribution in [-0.4, -0.2) is 13.2 Å². The predicted molar refractivity (Wildman–Crippen MR) is 217 cm³/mol. The molecule has 0 bridgehead atoms. The minimum Gasteiger partial charge on any atom is -0.485 e. The lowest BCUT2D eigenvalue weighted by atomic mass is 9.70. The third kappa shape index (κ3) is 4.33. The van der Waals surface area contributed by atoms with Gasteiger partial charge in [-0.2, -0.15) is 0 Å². The normalized spacial score (nSPS) is 14.0. The highest BCUT2D eigenvalue weighted by Gasteiger charge is 2.51. The maximum Gasteiger partial charge on any atom is 0.197 e. The smallest absolute Gasteiger partial charge is 0.197 e. The van der Waals surface area contributed by atoms with Crippen LogP contribution in [-0.2, 0) is 5.41 Å². The zero-order chi connectivity index (χ0) is 34.9. The molecule has 1 aromatic heterocycles. The van der Waals surface area contributed by atoms with Crippen LogP contribution < -0.4 is 14.4 Å². The molecule has 4 heteroatoms. The van der Waals surface area contributed by atoms with Crippen molar-refractivity contribution in [1.29, 1.82) is 0 Å². The van der Waals surface area contributed by atoms with E-state index in [1.807, 2.05) is 0 Å². The van der Waals surface area contributed by atoms with E-state index in [-0.39, 0.29) is 0 Å². The number of hydrogen-bond acceptors (Lipinski definition) is 4. The van der Waals surface area contributed by atoms with Crippen molar-refractivity contribution in [2.45, 2.75) is 5.41 Å². The van der Waals surface area contributed by atoms with Gasteiger partial charge in [-0.15, -0.1) is 11.3 Å². The van der Waals surface area contributed by atoms with Crippen molar-refractivity contribution in [3.8, 4) is 55.3 Å². The maximum atomic E-state index is 6.60. The lowest BCUT2D eigenvalue weighted by Crippen LogP contribution is -2.26. The summed E-state index contributed by atoms with van der Waals surface area (Å²) in [6.45, 7) is 1.01. The van der Waals surface area contributed by atoms with Crippen LogP contribution in [0.3, 0.4) is 0 Å². The molecule has 7 aromatic carbocycles. The summed E-state index contributed by atoms with van der Waals surface area (Å²) in [4.78, 5) is 3.48. The zero-order valence-corrected chi connectivity index (χ0v) is 29.6. The zero-order valence-electron chi connectivity index (χ0n) is 28.8. The van der Waals surface area contributed by atoms with Crippen LogP contribution in [0.15, 0.2) is 176 Å². The Hall–Kier alpha value is -6.36. The molecule has 3 nitrogen and oxygen atoms in total. The number of anilines is 3. The van der Waals surface area contributed by atoms with E-state index in [0.717, 1.165) is 49.4 Å². The molecule has 0 unspecified atom stereocenters. The van der Waals surface area contributed by atoms with Crippen molar-refractivity contribution in [3.05, 3.63) is 198 Å². The Balaban J connectivity index is 1.22. The molecular weight excluding hydrogens is 667 g/mol. The van der Waals surface area contributed by atoms with Gasteiger partial charge in [-0.1, -0.05) is 158 Å². The molecule has 2 aliphatic carbocycles. The summed E-state index contributed by atoms with van der Waals surface area (Å²) in [5, 5.41) is 0.999. The minimum atomic E-state index is -0.455. The van der Waals surface area contributed by atoms with Crippen LogP contribution in [0, 0.1) is 0 Å². The van der Waals surface area contributed by atoms with E-state index in [2.05, 4.69) is 181 Å². The first-order chi connectivity index (χ1) is 26.3. The van der Waals surface area contributed by atoms with Crippen LogP contribution in [0.1, 0.15) is 22.3 Å². The molecule has 0 saturated heterocycles. The lowest BCUT2D eigenvalue weighted by molar-refractivity contribution is 0.175. The fourth-order valence-electron chi connectivity index (χ4n) is 8.98. The topological polar surface area (TPSA) is 21.7 Å². The molecule has 2 heterocycles. The number of fused-ring (bicyclic) bond motifs is 11. The van der Waals surface area contributed by atoms with E-state index in [4.69, 9.17) is 9.47 Å². The third-order valence-electron chi connectivity index (χ3n) is 11.1. The fourth-order valence-corrected chi connectivity index (χ4v) is 10.2. The molecule has 1 spiro atoms. The number of nitrogens with zero attached hydrogens (tertiary/aromatic N) is 1. The molecule has 0 atom stereocenters. The van der Waals surface area contributed by atoms with E-state index in [1.165, 1.54) is 44.5 Å². The summed E-state index contributed by atoms with van der Waals surface area (Å²) in [5.41, 5.74) is 15.5. The van der Waals surface area contributed by atoms with Crippen molar-refractivity contribution in [1.82, 2.24) is 0 Å². The van der Waals surface area contributed by atoms with E-state index < -0.39 is 5.41 Å². The van der Waals surface area contributed by atoms with Gasteiger partial charge >= 0.3 is 0 Å². The van der Waals surface area contributed by atoms with Gasteiger partial charge in [-0.3, -0.25) is 4.90 Å². The quantitative estimate of drug-likeness (QED) is 0.178. The van der Waals surface area contributed by atoms with Crippen molar-refractivity contribution in [2.75, 3.05) is 18.1 Å².